The molecule has 1 aromatic rings. The van der Waals surface area contributed by atoms with Crippen LogP contribution in [0.5, 0.6) is 5.75 Å². The molecule has 4 rings (SSSR count). The number of rotatable bonds is 3. The van der Waals surface area contributed by atoms with Gasteiger partial charge in [0.2, 0.25) is 0 Å². The maximum Gasteiger partial charge on any atom is 0.410 e. The van der Waals surface area contributed by atoms with Crippen molar-refractivity contribution < 1.29 is 19.0 Å². The van der Waals surface area contributed by atoms with Crippen LogP contribution < -0.4 is 9.64 Å². The molecule has 1 amide bonds. The fourth-order valence-corrected chi connectivity index (χ4v) is 4.35. The Morgan fingerprint density at radius 2 is 1.78 bits per heavy atom. The molecule has 0 N–H and O–H groups in total. The van der Waals surface area contributed by atoms with Gasteiger partial charge in [0.25, 0.3) is 0 Å². The number of ether oxygens (including phenoxy) is 3. The minimum atomic E-state index is -0.485. The number of fused-ring (bicyclic) bond motifs is 2. The molecule has 0 fully saturated rings. The van der Waals surface area contributed by atoms with E-state index in [1.807, 2.05) is 25.7 Å². The fourth-order valence-electron chi connectivity index (χ4n) is 4.35. The van der Waals surface area contributed by atoms with Crippen molar-refractivity contribution in [1.29, 1.82) is 0 Å². The van der Waals surface area contributed by atoms with Gasteiger partial charge in [-0.2, -0.15) is 0 Å². The number of nitrogens with zero attached hydrogens (tertiary/aromatic N) is 2. The predicted molar refractivity (Wildman–Crippen MR) is 126 cm³/mol. The molecule has 0 saturated heterocycles. The number of amides is 1. The molecule has 2 aliphatic heterocycles. The average molecular weight is 439 g/mol. The van der Waals surface area contributed by atoms with E-state index in [4.69, 9.17) is 14.2 Å². The Morgan fingerprint density at radius 1 is 1.06 bits per heavy atom. The second-order valence-corrected chi connectivity index (χ2v) is 9.46. The highest BCUT2D eigenvalue weighted by molar-refractivity contribution is 5.69. The van der Waals surface area contributed by atoms with Gasteiger partial charge in [0.05, 0.1) is 19.3 Å². The standard InChI is InChI=1S/C26H34N2O4/c1-26(2,3)32-25(29)27-12-10-19-16-22-24(17-20(19)11-13-27)31-15-14-28(22)18-21-8-6-5-7-9-23(21)30-4/h6-9,16-17H,5,10-15,18H2,1-4H3. The van der Waals surface area contributed by atoms with Crippen molar-refractivity contribution in [1.82, 2.24) is 4.90 Å². The van der Waals surface area contributed by atoms with E-state index in [0.29, 0.717) is 19.7 Å². The monoisotopic (exact) mass is 438 g/mol. The first kappa shape index (κ1) is 22.3. The normalized spacial score (nSPS) is 18.4. The highest BCUT2D eigenvalue weighted by atomic mass is 16.6. The van der Waals surface area contributed by atoms with Crippen LogP contribution in [-0.2, 0) is 22.3 Å². The maximum absolute atomic E-state index is 12.6. The summed E-state index contributed by atoms with van der Waals surface area (Å²) in [6.45, 7) is 9.28. The number of carbonyl (C=O) groups is 1. The van der Waals surface area contributed by atoms with Gasteiger partial charge in [0.1, 0.15) is 23.7 Å². The first-order valence-corrected chi connectivity index (χ1v) is 11.5. The first-order chi connectivity index (χ1) is 15.3. The Hall–Kier alpha value is -2.89. The number of anilines is 1. The summed E-state index contributed by atoms with van der Waals surface area (Å²) in [5.41, 5.74) is 4.33. The van der Waals surface area contributed by atoms with Crippen molar-refractivity contribution in [2.75, 3.05) is 44.8 Å². The quantitative estimate of drug-likeness (QED) is 0.688. The van der Waals surface area contributed by atoms with Crippen LogP contribution in [-0.4, -0.2) is 56.5 Å². The van der Waals surface area contributed by atoms with Crippen molar-refractivity contribution >= 4 is 11.8 Å². The van der Waals surface area contributed by atoms with Crippen LogP contribution >= 0.6 is 0 Å². The molecule has 1 aliphatic carbocycles. The van der Waals surface area contributed by atoms with Crippen LogP contribution in [0.2, 0.25) is 0 Å². The van der Waals surface area contributed by atoms with E-state index in [1.54, 1.807) is 7.11 Å². The fraction of sp³-hybridized carbons (Fsp3) is 0.500. The Kier molecular flexibility index (Phi) is 6.49. The van der Waals surface area contributed by atoms with Gasteiger partial charge in [0.15, 0.2) is 0 Å². The lowest BCUT2D eigenvalue weighted by Crippen LogP contribution is -2.38. The second kappa shape index (κ2) is 9.31. The third-order valence-electron chi connectivity index (χ3n) is 5.95. The van der Waals surface area contributed by atoms with E-state index >= 15 is 0 Å². The van der Waals surface area contributed by atoms with Crippen LogP contribution in [0.3, 0.4) is 0 Å². The smallest absolute Gasteiger partial charge is 0.410 e. The number of allylic oxidation sites excluding steroid dienone is 3. The molecular formula is C26H34N2O4. The molecule has 0 atom stereocenters. The van der Waals surface area contributed by atoms with E-state index in [1.165, 1.54) is 16.7 Å². The van der Waals surface area contributed by atoms with Gasteiger partial charge >= 0.3 is 6.09 Å². The summed E-state index contributed by atoms with van der Waals surface area (Å²) in [4.78, 5) is 16.8. The zero-order valence-electron chi connectivity index (χ0n) is 19.6. The van der Waals surface area contributed by atoms with E-state index < -0.39 is 5.60 Å². The van der Waals surface area contributed by atoms with Gasteiger partial charge in [-0.05, 0) is 69.4 Å². The molecule has 0 radical (unpaired) electrons. The van der Waals surface area contributed by atoms with E-state index in [9.17, 15) is 4.79 Å². The molecule has 1 aromatic carbocycles. The molecule has 2 heterocycles. The lowest BCUT2D eigenvalue weighted by Gasteiger charge is -2.33. The highest BCUT2D eigenvalue weighted by Gasteiger charge is 2.27. The van der Waals surface area contributed by atoms with Crippen molar-refractivity contribution in [3.8, 4) is 5.75 Å². The number of benzene rings is 1. The van der Waals surface area contributed by atoms with Gasteiger partial charge in [-0.25, -0.2) is 4.79 Å². The lowest BCUT2D eigenvalue weighted by molar-refractivity contribution is 0.0258. The molecule has 172 valence electrons. The Balaban J connectivity index is 1.55. The molecule has 3 aliphatic rings. The molecule has 0 bridgehead atoms. The van der Waals surface area contributed by atoms with E-state index in [2.05, 4.69) is 41.3 Å². The summed E-state index contributed by atoms with van der Waals surface area (Å²) < 4.78 is 17.3. The summed E-state index contributed by atoms with van der Waals surface area (Å²) in [5.74, 6) is 1.84. The zero-order chi connectivity index (χ0) is 22.7. The number of methoxy groups -OCH3 is 1. The van der Waals surface area contributed by atoms with Gasteiger partial charge in [-0.3, -0.25) is 0 Å². The summed E-state index contributed by atoms with van der Waals surface area (Å²) in [6.07, 6.45) is 10.8. The molecule has 32 heavy (non-hydrogen) atoms. The summed E-state index contributed by atoms with van der Waals surface area (Å²) in [6, 6.07) is 4.43. The van der Waals surface area contributed by atoms with Crippen molar-refractivity contribution in [3.63, 3.8) is 0 Å². The summed E-state index contributed by atoms with van der Waals surface area (Å²) >= 11 is 0. The third-order valence-corrected chi connectivity index (χ3v) is 5.95. The van der Waals surface area contributed by atoms with Gasteiger partial charge in [-0.15, -0.1) is 0 Å². The van der Waals surface area contributed by atoms with Gasteiger partial charge < -0.3 is 24.0 Å². The minimum Gasteiger partial charge on any atom is -0.496 e. The van der Waals surface area contributed by atoms with Crippen molar-refractivity contribution in [2.24, 2.45) is 0 Å². The Morgan fingerprint density at radius 3 is 2.50 bits per heavy atom. The molecule has 6 nitrogen and oxygen atoms in total. The summed E-state index contributed by atoms with van der Waals surface area (Å²) in [7, 11) is 1.72. The van der Waals surface area contributed by atoms with Crippen LogP contribution in [0, 0.1) is 0 Å². The van der Waals surface area contributed by atoms with Crippen LogP contribution in [0.4, 0.5) is 10.5 Å². The zero-order valence-corrected chi connectivity index (χ0v) is 19.6. The lowest BCUT2D eigenvalue weighted by atomic mass is 10.00. The maximum atomic E-state index is 12.6. The van der Waals surface area contributed by atoms with E-state index in [0.717, 1.165) is 49.5 Å². The molecule has 0 spiro atoms. The molecule has 0 saturated carbocycles. The third kappa shape index (κ3) is 5.12. The van der Waals surface area contributed by atoms with Crippen molar-refractivity contribution in [3.05, 3.63) is 58.9 Å². The van der Waals surface area contributed by atoms with E-state index in [-0.39, 0.29) is 6.09 Å². The minimum absolute atomic E-state index is 0.236. The molecule has 0 aromatic heterocycles. The SMILES string of the molecule is COC1=C(CN2CCOc3cc4c(cc32)CCN(C(=O)OC(C)(C)C)CC4)C=CCC=C1. The number of carbonyl (C=O) groups excluding carboxylic acids is 1. The Bertz CT molecular complexity index is 955. The number of hydrogen-bond acceptors (Lipinski definition) is 5. The van der Waals surface area contributed by atoms with Crippen molar-refractivity contribution in [2.45, 2.75) is 45.6 Å². The average Bonchev–Trinajstić information content (AvgIpc) is 3.09. The van der Waals surface area contributed by atoms with Crippen LogP contribution in [0.25, 0.3) is 0 Å². The Labute approximate surface area is 191 Å². The predicted octanol–water partition coefficient (Wildman–Crippen LogP) is 4.64. The second-order valence-electron chi connectivity index (χ2n) is 9.46. The molecule has 6 heteroatoms. The largest absolute Gasteiger partial charge is 0.496 e. The number of hydrogen-bond donors (Lipinski definition) is 0. The highest BCUT2D eigenvalue weighted by Crippen LogP contribution is 2.36. The molecular weight excluding hydrogens is 404 g/mol. The van der Waals surface area contributed by atoms with Gasteiger partial charge in [0, 0.05) is 25.2 Å². The molecule has 0 unspecified atom stereocenters. The first-order valence-electron chi connectivity index (χ1n) is 11.5. The van der Waals surface area contributed by atoms with Gasteiger partial charge in [-0.1, -0.05) is 18.2 Å². The summed E-state index contributed by atoms with van der Waals surface area (Å²) in [5, 5.41) is 0. The van der Waals surface area contributed by atoms with Crippen LogP contribution in [0.15, 0.2) is 47.8 Å². The van der Waals surface area contributed by atoms with Crippen LogP contribution in [0.1, 0.15) is 38.3 Å². The topological polar surface area (TPSA) is 51.2 Å².